The maximum atomic E-state index is 13.4. The molecule has 0 aliphatic carbocycles. The number of hydrogen-bond donors (Lipinski definition) is 1. The van der Waals surface area contributed by atoms with Gasteiger partial charge in [-0.2, -0.15) is 9.65 Å². The van der Waals surface area contributed by atoms with Crippen molar-refractivity contribution in [1.29, 1.82) is 5.26 Å². The topological polar surface area (TPSA) is 62.7 Å². The maximum absolute atomic E-state index is 13.4. The number of rotatable bonds is 1. The number of aromatic nitrogens is 1. The van der Waals surface area contributed by atoms with E-state index in [2.05, 4.69) is 4.98 Å². The molecule has 0 aliphatic rings. The molecule has 0 unspecified atom stereocenters. The molecule has 0 radical (unpaired) electrons. The number of anilines is 1. The average molecular weight is 229 g/mol. The number of nitrogens with two attached hydrogens (primary N) is 1. The molecule has 1 heterocycles. The molecular weight excluding hydrogens is 217 g/mol. The molecule has 0 bridgehead atoms. The molecule has 0 amide bonds. The van der Waals surface area contributed by atoms with E-state index in [9.17, 15) is 4.39 Å². The van der Waals surface area contributed by atoms with Gasteiger partial charge in [0.15, 0.2) is 0 Å². The summed E-state index contributed by atoms with van der Waals surface area (Å²) in [4.78, 5) is 3.79. The van der Waals surface area contributed by atoms with Crippen LogP contribution in [0, 0.1) is 24.2 Å². The Morgan fingerprint density at radius 2 is 2.18 bits per heavy atom. The summed E-state index contributed by atoms with van der Waals surface area (Å²) in [6.45, 7) is 3.76. The summed E-state index contributed by atoms with van der Waals surface area (Å²) in [6, 6.07) is 5.28. The first kappa shape index (κ1) is 11.3. The van der Waals surface area contributed by atoms with Crippen LogP contribution in [0.25, 0.3) is 10.9 Å². The van der Waals surface area contributed by atoms with Crippen LogP contribution in [0.5, 0.6) is 0 Å². The van der Waals surface area contributed by atoms with Gasteiger partial charge in [-0.3, -0.25) is 0 Å². The lowest BCUT2D eigenvalue weighted by molar-refractivity contribution is 0.587. The van der Waals surface area contributed by atoms with E-state index in [4.69, 9.17) is 11.0 Å². The Bertz CT molecular complexity index is 641. The number of benzene rings is 1. The highest BCUT2D eigenvalue weighted by Gasteiger charge is 2.13. The lowest BCUT2D eigenvalue weighted by Crippen LogP contribution is -2.00. The van der Waals surface area contributed by atoms with Crippen molar-refractivity contribution >= 4 is 16.6 Å². The summed E-state index contributed by atoms with van der Waals surface area (Å²) in [5, 5.41) is 9.83. The molecule has 0 saturated carbocycles. The summed E-state index contributed by atoms with van der Waals surface area (Å²) in [7, 11) is 0. The molecule has 0 atom stereocenters. The second-order valence-corrected chi connectivity index (χ2v) is 3.95. The number of nitrogens with zero attached hydrogens (tertiary/aromatic N) is 2. The molecule has 1 aromatic carbocycles. The van der Waals surface area contributed by atoms with Crippen LogP contribution in [-0.2, 0) is 6.42 Å². The van der Waals surface area contributed by atoms with Gasteiger partial charge >= 0.3 is 0 Å². The average Bonchev–Trinajstić information content (AvgIpc) is 2.30. The minimum Gasteiger partial charge on any atom is -0.396 e. The van der Waals surface area contributed by atoms with Gasteiger partial charge < -0.3 is 5.73 Å². The quantitative estimate of drug-likeness (QED) is 0.604. The molecule has 1 aromatic heterocycles. The maximum Gasteiger partial charge on any atom is 0.213 e. The first-order valence-electron chi connectivity index (χ1n) is 5.36. The fourth-order valence-electron chi connectivity index (χ4n) is 2.00. The van der Waals surface area contributed by atoms with Gasteiger partial charge in [-0.05, 0) is 36.6 Å². The van der Waals surface area contributed by atoms with Crippen molar-refractivity contribution in [2.45, 2.75) is 20.3 Å². The fourth-order valence-corrected chi connectivity index (χ4v) is 2.00. The zero-order valence-electron chi connectivity index (χ0n) is 9.71. The van der Waals surface area contributed by atoms with Gasteiger partial charge in [-0.1, -0.05) is 6.92 Å². The van der Waals surface area contributed by atoms with Gasteiger partial charge in [-0.15, -0.1) is 0 Å². The van der Waals surface area contributed by atoms with E-state index in [0.29, 0.717) is 17.5 Å². The van der Waals surface area contributed by atoms with Crippen LogP contribution in [0.4, 0.5) is 10.1 Å². The first-order valence-corrected chi connectivity index (χ1v) is 5.36. The molecule has 0 spiro atoms. The number of halogens is 1. The molecule has 17 heavy (non-hydrogen) atoms. The summed E-state index contributed by atoms with van der Waals surface area (Å²) in [5.74, 6) is -0.561. The molecule has 2 rings (SSSR count). The van der Waals surface area contributed by atoms with Crippen LogP contribution < -0.4 is 5.73 Å². The third kappa shape index (κ3) is 1.70. The van der Waals surface area contributed by atoms with Crippen molar-refractivity contribution in [2.75, 3.05) is 5.73 Å². The van der Waals surface area contributed by atoms with Crippen molar-refractivity contribution < 1.29 is 4.39 Å². The largest absolute Gasteiger partial charge is 0.396 e. The number of nitrogen functional groups attached to an aromatic ring is 1. The Morgan fingerprint density at radius 1 is 1.47 bits per heavy atom. The highest BCUT2D eigenvalue weighted by molar-refractivity contribution is 5.95. The number of aryl methyl sites for hydroxylation is 2. The molecule has 0 saturated heterocycles. The van der Waals surface area contributed by atoms with Gasteiger partial charge in [0.05, 0.1) is 16.8 Å². The molecule has 3 nitrogen and oxygen atoms in total. The number of hydrogen-bond acceptors (Lipinski definition) is 3. The Morgan fingerprint density at radius 3 is 2.76 bits per heavy atom. The Hall–Kier alpha value is -2.15. The number of fused-ring (bicyclic) bond motifs is 1. The zero-order valence-corrected chi connectivity index (χ0v) is 9.71. The van der Waals surface area contributed by atoms with Gasteiger partial charge in [0.1, 0.15) is 6.07 Å². The summed E-state index contributed by atoms with van der Waals surface area (Å²) in [5.41, 5.74) is 8.53. The zero-order chi connectivity index (χ0) is 12.6. The van der Waals surface area contributed by atoms with E-state index in [-0.39, 0.29) is 5.69 Å². The summed E-state index contributed by atoms with van der Waals surface area (Å²) < 4.78 is 13.4. The van der Waals surface area contributed by atoms with Crippen LogP contribution in [0.3, 0.4) is 0 Å². The van der Waals surface area contributed by atoms with Crippen molar-refractivity contribution in [3.05, 3.63) is 34.8 Å². The molecule has 0 aliphatic heterocycles. The van der Waals surface area contributed by atoms with Gasteiger partial charge in [0, 0.05) is 5.39 Å². The first-order chi connectivity index (χ1) is 8.08. The lowest BCUT2D eigenvalue weighted by atomic mass is 9.99. The molecule has 86 valence electrons. The van der Waals surface area contributed by atoms with Crippen LogP contribution in [0.2, 0.25) is 0 Å². The van der Waals surface area contributed by atoms with E-state index in [0.717, 1.165) is 16.5 Å². The summed E-state index contributed by atoms with van der Waals surface area (Å²) in [6.07, 6.45) is 0.695. The smallest absolute Gasteiger partial charge is 0.213 e. The van der Waals surface area contributed by atoms with E-state index >= 15 is 0 Å². The number of pyridine rings is 1. The monoisotopic (exact) mass is 229 g/mol. The Balaban J connectivity index is 2.97. The van der Waals surface area contributed by atoms with E-state index in [1.54, 1.807) is 0 Å². The highest BCUT2D eigenvalue weighted by atomic mass is 19.1. The van der Waals surface area contributed by atoms with Crippen molar-refractivity contribution in [2.24, 2.45) is 0 Å². The van der Waals surface area contributed by atoms with Crippen LogP contribution >= 0.6 is 0 Å². The van der Waals surface area contributed by atoms with Gasteiger partial charge in [0.25, 0.3) is 0 Å². The SMILES string of the molecule is CCc1cc(F)nc2c(N)c(C#N)c(C)cc12. The molecule has 0 fully saturated rings. The van der Waals surface area contributed by atoms with Crippen LogP contribution in [-0.4, -0.2) is 4.98 Å². The molecule has 2 aromatic rings. The highest BCUT2D eigenvalue weighted by Crippen LogP contribution is 2.29. The van der Waals surface area contributed by atoms with E-state index < -0.39 is 5.95 Å². The second kappa shape index (κ2) is 4.02. The fraction of sp³-hybridized carbons (Fsp3) is 0.231. The third-order valence-corrected chi connectivity index (χ3v) is 2.89. The normalized spacial score (nSPS) is 10.5. The minimum absolute atomic E-state index is 0.261. The summed E-state index contributed by atoms with van der Waals surface area (Å²) >= 11 is 0. The molecular formula is C13H12FN3. The van der Waals surface area contributed by atoms with Crippen molar-refractivity contribution in [1.82, 2.24) is 4.98 Å². The minimum atomic E-state index is -0.561. The second-order valence-electron chi connectivity index (χ2n) is 3.95. The lowest BCUT2D eigenvalue weighted by Gasteiger charge is -2.10. The third-order valence-electron chi connectivity index (χ3n) is 2.89. The Kier molecular flexibility index (Phi) is 2.68. The molecule has 2 N–H and O–H groups in total. The predicted octanol–water partition coefficient (Wildman–Crippen LogP) is 2.70. The van der Waals surface area contributed by atoms with E-state index in [1.165, 1.54) is 6.07 Å². The standard InChI is InChI=1S/C13H12FN3/c1-3-8-5-11(14)17-13-9(8)4-7(2)10(6-15)12(13)16/h4-5H,3,16H2,1-2H3. The van der Waals surface area contributed by atoms with Crippen molar-refractivity contribution in [3.8, 4) is 6.07 Å². The molecule has 4 heteroatoms. The van der Waals surface area contributed by atoms with Crippen LogP contribution in [0.15, 0.2) is 12.1 Å². The number of nitriles is 1. The van der Waals surface area contributed by atoms with Gasteiger partial charge in [-0.25, -0.2) is 4.98 Å². The van der Waals surface area contributed by atoms with Crippen LogP contribution in [0.1, 0.15) is 23.6 Å². The van der Waals surface area contributed by atoms with Gasteiger partial charge in [0.2, 0.25) is 5.95 Å². The van der Waals surface area contributed by atoms with E-state index in [1.807, 2.05) is 26.0 Å². The predicted molar refractivity (Wildman–Crippen MR) is 64.9 cm³/mol. The van der Waals surface area contributed by atoms with Crippen molar-refractivity contribution in [3.63, 3.8) is 0 Å². The Labute approximate surface area is 98.7 Å².